The van der Waals surface area contributed by atoms with Gasteiger partial charge in [0.15, 0.2) is 5.78 Å². The van der Waals surface area contributed by atoms with Gasteiger partial charge in [0.05, 0.1) is 11.9 Å². The summed E-state index contributed by atoms with van der Waals surface area (Å²) >= 11 is 0. The lowest BCUT2D eigenvalue weighted by molar-refractivity contribution is -0.121. The summed E-state index contributed by atoms with van der Waals surface area (Å²) in [5.41, 5.74) is 3.92. The van der Waals surface area contributed by atoms with Crippen LogP contribution in [0.4, 0.5) is 0 Å². The van der Waals surface area contributed by atoms with E-state index < -0.39 is 0 Å². The second kappa shape index (κ2) is 9.65. The number of hydrogen-bond acceptors (Lipinski definition) is 3. The molecule has 5 heteroatoms. The van der Waals surface area contributed by atoms with Crippen LogP contribution in [0, 0.1) is 0 Å². The maximum atomic E-state index is 12.2. The van der Waals surface area contributed by atoms with E-state index in [0.29, 0.717) is 18.5 Å². The molecular formula is C23H25N3O2. The molecule has 144 valence electrons. The summed E-state index contributed by atoms with van der Waals surface area (Å²) in [5, 5.41) is 7.23. The van der Waals surface area contributed by atoms with E-state index in [-0.39, 0.29) is 24.5 Å². The fourth-order valence-corrected chi connectivity index (χ4v) is 2.94. The van der Waals surface area contributed by atoms with E-state index in [4.69, 9.17) is 0 Å². The van der Waals surface area contributed by atoms with E-state index >= 15 is 0 Å². The van der Waals surface area contributed by atoms with Gasteiger partial charge in [-0.1, -0.05) is 49.4 Å². The molecule has 1 amide bonds. The van der Waals surface area contributed by atoms with E-state index in [2.05, 4.69) is 17.3 Å². The number of hydrogen-bond donors (Lipinski definition) is 1. The predicted octanol–water partition coefficient (Wildman–Crippen LogP) is 3.76. The van der Waals surface area contributed by atoms with E-state index in [9.17, 15) is 9.59 Å². The molecule has 0 atom stereocenters. The van der Waals surface area contributed by atoms with Crippen molar-refractivity contribution in [3.8, 4) is 5.69 Å². The molecule has 0 aliphatic rings. The number of nitrogens with one attached hydrogen (secondary N) is 1. The molecule has 0 bridgehead atoms. The molecule has 0 aliphatic carbocycles. The number of benzene rings is 2. The van der Waals surface area contributed by atoms with Crippen LogP contribution in [0.2, 0.25) is 0 Å². The number of aryl methyl sites for hydroxylation is 1. The third-order valence-corrected chi connectivity index (χ3v) is 4.66. The predicted molar refractivity (Wildman–Crippen MR) is 110 cm³/mol. The monoisotopic (exact) mass is 375 g/mol. The number of aromatic nitrogens is 2. The summed E-state index contributed by atoms with van der Waals surface area (Å²) in [7, 11) is 0. The van der Waals surface area contributed by atoms with E-state index in [1.807, 2.05) is 71.7 Å². The van der Waals surface area contributed by atoms with Crippen LogP contribution in [0.5, 0.6) is 0 Å². The van der Waals surface area contributed by atoms with Crippen LogP contribution in [0.1, 0.15) is 41.3 Å². The Hall–Kier alpha value is -3.21. The molecule has 1 N–H and O–H groups in total. The number of amides is 1. The number of para-hydroxylation sites is 1. The van der Waals surface area contributed by atoms with Gasteiger partial charge in [-0.2, -0.15) is 5.10 Å². The normalized spacial score (nSPS) is 10.6. The van der Waals surface area contributed by atoms with Crippen LogP contribution in [-0.2, 0) is 17.6 Å². The van der Waals surface area contributed by atoms with Crippen LogP contribution in [0.3, 0.4) is 0 Å². The van der Waals surface area contributed by atoms with Crippen LogP contribution in [-0.4, -0.2) is 28.0 Å². The minimum atomic E-state index is -0.103. The van der Waals surface area contributed by atoms with Gasteiger partial charge < -0.3 is 5.32 Å². The molecule has 1 heterocycles. The molecular weight excluding hydrogens is 350 g/mol. The average molecular weight is 375 g/mol. The van der Waals surface area contributed by atoms with Crippen molar-refractivity contribution in [1.29, 1.82) is 0 Å². The molecule has 0 saturated heterocycles. The van der Waals surface area contributed by atoms with Gasteiger partial charge in [0, 0.05) is 31.1 Å². The Bertz CT molecular complexity index is 915. The second-order valence-corrected chi connectivity index (χ2v) is 6.70. The first-order valence-corrected chi connectivity index (χ1v) is 9.63. The minimum absolute atomic E-state index is 0.00180. The minimum Gasteiger partial charge on any atom is -0.356 e. The number of rotatable bonds is 9. The van der Waals surface area contributed by atoms with E-state index in [0.717, 1.165) is 17.7 Å². The number of carbonyl (C=O) groups is 2. The zero-order valence-corrected chi connectivity index (χ0v) is 16.1. The topological polar surface area (TPSA) is 64.0 Å². The summed E-state index contributed by atoms with van der Waals surface area (Å²) in [4.78, 5) is 24.2. The van der Waals surface area contributed by atoms with Crippen molar-refractivity contribution in [2.24, 2.45) is 0 Å². The van der Waals surface area contributed by atoms with Crippen molar-refractivity contribution in [2.45, 2.75) is 32.6 Å². The largest absolute Gasteiger partial charge is 0.356 e. The highest BCUT2D eigenvalue weighted by molar-refractivity contribution is 5.97. The first-order valence-electron chi connectivity index (χ1n) is 9.63. The van der Waals surface area contributed by atoms with Crippen LogP contribution >= 0.6 is 0 Å². The third-order valence-electron chi connectivity index (χ3n) is 4.66. The SMILES string of the molecule is CCc1ccc(C(=O)CCC(=O)NCCc2cnn(-c3ccccc3)c2)cc1. The first-order chi connectivity index (χ1) is 13.7. The molecule has 0 unspecified atom stereocenters. The lowest BCUT2D eigenvalue weighted by Gasteiger charge is -2.05. The second-order valence-electron chi connectivity index (χ2n) is 6.70. The molecule has 2 aromatic carbocycles. The number of ketones is 1. The molecule has 0 aliphatic heterocycles. The molecule has 0 saturated carbocycles. The van der Waals surface area contributed by atoms with Gasteiger partial charge >= 0.3 is 0 Å². The van der Waals surface area contributed by atoms with Crippen LogP contribution < -0.4 is 5.32 Å². The van der Waals surface area contributed by atoms with Crippen molar-refractivity contribution in [1.82, 2.24) is 15.1 Å². The maximum absolute atomic E-state index is 12.2. The average Bonchev–Trinajstić information content (AvgIpc) is 3.21. The van der Waals surface area contributed by atoms with Crippen LogP contribution in [0.25, 0.3) is 5.69 Å². The maximum Gasteiger partial charge on any atom is 0.220 e. The molecule has 1 aromatic heterocycles. The molecule has 0 fully saturated rings. The fraction of sp³-hybridized carbons (Fsp3) is 0.261. The molecule has 28 heavy (non-hydrogen) atoms. The Balaban J connectivity index is 1.40. The molecule has 0 spiro atoms. The number of nitrogens with zero attached hydrogens (tertiary/aromatic N) is 2. The summed E-state index contributed by atoms with van der Waals surface area (Å²) in [6.07, 6.45) is 5.85. The molecule has 3 aromatic rings. The van der Waals surface area contributed by atoms with Crippen molar-refractivity contribution in [3.63, 3.8) is 0 Å². The Labute approximate surface area is 165 Å². The summed E-state index contributed by atoms with van der Waals surface area (Å²) in [6.45, 7) is 2.60. The highest BCUT2D eigenvalue weighted by atomic mass is 16.2. The zero-order valence-electron chi connectivity index (χ0n) is 16.1. The highest BCUT2D eigenvalue weighted by Crippen LogP contribution is 2.10. The highest BCUT2D eigenvalue weighted by Gasteiger charge is 2.09. The van der Waals surface area contributed by atoms with Gasteiger partial charge in [-0.05, 0) is 36.1 Å². The van der Waals surface area contributed by atoms with E-state index in [1.165, 1.54) is 5.56 Å². The van der Waals surface area contributed by atoms with Crippen molar-refractivity contribution >= 4 is 11.7 Å². The number of carbonyl (C=O) groups excluding carboxylic acids is 2. The van der Waals surface area contributed by atoms with Crippen molar-refractivity contribution < 1.29 is 9.59 Å². The summed E-state index contributed by atoms with van der Waals surface area (Å²) in [5.74, 6) is -0.101. The van der Waals surface area contributed by atoms with Gasteiger partial charge in [-0.15, -0.1) is 0 Å². The molecule has 0 radical (unpaired) electrons. The Morgan fingerprint density at radius 2 is 1.71 bits per heavy atom. The Morgan fingerprint density at radius 1 is 0.964 bits per heavy atom. The lowest BCUT2D eigenvalue weighted by atomic mass is 10.0. The van der Waals surface area contributed by atoms with Crippen molar-refractivity contribution in [2.75, 3.05) is 6.54 Å². The zero-order chi connectivity index (χ0) is 19.8. The fourth-order valence-electron chi connectivity index (χ4n) is 2.94. The molecule has 5 nitrogen and oxygen atoms in total. The van der Waals surface area contributed by atoms with Gasteiger partial charge in [0.1, 0.15) is 0 Å². The standard InChI is InChI=1S/C23H25N3O2/c1-2-18-8-10-20(11-9-18)22(27)12-13-23(28)24-15-14-19-16-25-26(17-19)21-6-4-3-5-7-21/h3-11,16-17H,2,12-15H2,1H3,(H,24,28). The first kappa shape index (κ1) is 19.5. The van der Waals surface area contributed by atoms with Crippen LogP contribution in [0.15, 0.2) is 67.0 Å². The van der Waals surface area contributed by atoms with Gasteiger partial charge in [-0.25, -0.2) is 4.68 Å². The van der Waals surface area contributed by atoms with E-state index in [1.54, 1.807) is 0 Å². The third kappa shape index (κ3) is 5.39. The number of Topliss-reactive ketones (excluding diaryl/α,β-unsaturated/α-hetero) is 1. The van der Waals surface area contributed by atoms with Gasteiger partial charge in [0.2, 0.25) is 5.91 Å². The van der Waals surface area contributed by atoms with Crippen molar-refractivity contribution in [3.05, 3.63) is 83.7 Å². The Morgan fingerprint density at radius 3 is 2.43 bits per heavy atom. The lowest BCUT2D eigenvalue weighted by Crippen LogP contribution is -2.26. The summed E-state index contributed by atoms with van der Waals surface area (Å²) < 4.78 is 1.82. The van der Waals surface area contributed by atoms with Gasteiger partial charge in [0.25, 0.3) is 0 Å². The summed E-state index contributed by atoms with van der Waals surface area (Å²) in [6, 6.07) is 17.5. The molecule has 3 rings (SSSR count). The Kier molecular flexibility index (Phi) is 6.73. The van der Waals surface area contributed by atoms with Gasteiger partial charge in [-0.3, -0.25) is 9.59 Å². The smallest absolute Gasteiger partial charge is 0.220 e. The quantitative estimate of drug-likeness (QED) is 0.579.